The first-order chi connectivity index (χ1) is 20.0. The van der Waals surface area contributed by atoms with E-state index in [0.29, 0.717) is 16.8 Å². The molecule has 0 heterocycles. The van der Waals surface area contributed by atoms with Crippen LogP contribution in [0, 0.1) is 6.92 Å². The van der Waals surface area contributed by atoms with Gasteiger partial charge in [-0.05, 0) is 77.4 Å². The van der Waals surface area contributed by atoms with E-state index in [4.69, 9.17) is 0 Å². The molecular formula is C36H28N2O3. The zero-order valence-electron chi connectivity index (χ0n) is 22.5. The Morgan fingerprint density at radius 2 is 1.34 bits per heavy atom. The van der Waals surface area contributed by atoms with Gasteiger partial charge in [0.25, 0.3) is 11.8 Å². The van der Waals surface area contributed by atoms with Crippen LogP contribution in [0.5, 0.6) is 0 Å². The molecule has 0 aliphatic carbocycles. The number of amides is 2. The van der Waals surface area contributed by atoms with Crippen molar-refractivity contribution in [1.82, 2.24) is 5.32 Å². The maximum absolute atomic E-state index is 13.3. The molecule has 5 heteroatoms. The van der Waals surface area contributed by atoms with Crippen molar-refractivity contribution in [3.05, 3.63) is 161 Å². The average Bonchev–Trinajstić information content (AvgIpc) is 3.01. The Morgan fingerprint density at radius 3 is 2.10 bits per heavy atom. The number of rotatable bonds is 8. The summed E-state index contributed by atoms with van der Waals surface area (Å²) in [6.07, 6.45) is 5.00. The van der Waals surface area contributed by atoms with E-state index in [1.807, 2.05) is 85.8 Å². The molecule has 41 heavy (non-hydrogen) atoms. The minimum absolute atomic E-state index is 0.0980. The molecule has 5 aromatic carbocycles. The van der Waals surface area contributed by atoms with Gasteiger partial charge < -0.3 is 10.6 Å². The fourth-order valence-corrected chi connectivity index (χ4v) is 4.35. The second-order valence-corrected chi connectivity index (χ2v) is 9.59. The van der Waals surface area contributed by atoms with Gasteiger partial charge >= 0.3 is 0 Å². The van der Waals surface area contributed by atoms with Gasteiger partial charge in [0.15, 0.2) is 5.78 Å². The maximum Gasteiger partial charge on any atom is 0.272 e. The highest BCUT2D eigenvalue weighted by molar-refractivity contribution is 6.11. The highest BCUT2D eigenvalue weighted by Gasteiger charge is 2.15. The summed E-state index contributed by atoms with van der Waals surface area (Å²) in [6.45, 7) is 1.98. The lowest BCUT2D eigenvalue weighted by Crippen LogP contribution is -2.30. The predicted octanol–water partition coefficient (Wildman–Crippen LogP) is 7.45. The Labute approximate surface area is 238 Å². The van der Waals surface area contributed by atoms with E-state index < -0.39 is 11.8 Å². The van der Waals surface area contributed by atoms with Crippen molar-refractivity contribution in [3.63, 3.8) is 0 Å². The summed E-state index contributed by atoms with van der Waals surface area (Å²) in [7, 11) is 0. The fraction of sp³-hybridized carbons (Fsp3) is 0.0278. The highest BCUT2D eigenvalue weighted by Crippen LogP contribution is 2.20. The molecule has 2 N–H and O–H groups in total. The molecule has 200 valence electrons. The summed E-state index contributed by atoms with van der Waals surface area (Å²) in [4.78, 5) is 38.9. The van der Waals surface area contributed by atoms with Crippen LogP contribution in [-0.2, 0) is 4.79 Å². The lowest BCUT2D eigenvalue weighted by atomic mass is 10.0. The van der Waals surface area contributed by atoms with Gasteiger partial charge in [0.2, 0.25) is 0 Å². The van der Waals surface area contributed by atoms with E-state index in [2.05, 4.69) is 10.6 Å². The summed E-state index contributed by atoms with van der Waals surface area (Å²) in [5, 5.41) is 7.75. The maximum atomic E-state index is 13.3. The number of allylic oxidation sites excluding steroid dienone is 1. The van der Waals surface area contributed by atoms with Crippen LogP contribution < -0.4 is 10.6 Å². The Kier molecular flexibility index (Phi) is 8.27. The number of nitrogens with one attached hydrogen (secondary N) is 2. The van der Waals surface area contributed by atoms with Gasteiger partial charge in [-0.1, -0.05) is 96.6 Å². The third kappa shape index (κ3) is 6.91. The summed E-state index contributed by atoms with van der Waals surface area (Å²) in [5.41, 5.74) is 4.35. The number of aryl methyl sites for hydroxylation is 1. The third-order valence-electron chi connectivity index (χ3n) is 6.58. The lowest BCUT2D eigenvalue weighted by molar-refractivity contribution is -0.113. The molecular weight excluding hydrogens is 508 g/mol. The number of carbonyl (C=O) groups is 3. The minimum Gasteiger partial charge on any atom is -0.321 e. The number of fused-ring (bicyclic) bond motifs is 1. The second kappa shape index (κ2) is 12.5. The quantitative estimate of drug-likeness (QED) is 0.160. The Hall–Kier alpha value is -5.55. The molecule has 0 aromatic heterocycles. The van der Waals surface area contributed by atoms with Crippen LogP contribution in [0.4, 0.5) is 5.69 Å². The molecule has 0 fully saturated rings. The highest BCUT2D eigenvalue weighted by atomic mass is 16.2. The fourth-order valence-electron chi connectivity index (χ4n) is 4.35. The molecule has 0 radical (unpaired) electrons. The zero-order chi connectivity index (χ0) is 28.6. The molecule has 5 aromatic rings. The lowest BCUT2D eigenvalue weighted by Gasteiger charge is -2.12. The van der Waals surface area contributed by atoms with Gasteiger partial charge in [-0.3, -0.25) is 14.4 Å². The van der Waals surface area contributed by atoms with Gasteiger partial charge in [-0.25, -0.2) is 0 Å². The zero-order valence-corrected chi connectivity index (χ0v) is 22.5. The van der Waals surface area contributed by atoms with Crippen LogP contribution >= 0.6 is 0 Å². The monoisotopic (exact) mass is 536 g/mol. The van der Waals surface area contributed by atoms with E-state index in [1.54, 1.807) is 60.7 Å². The van der Waals surface area contributed by atoms with E-state index in [9.17, 15) is 14.4 Å². The Balaban J connectivity index is 1.31. The number of ketones is 1. The van der Waals surface area contributed by atoms with Crippen molar-refractivity contribution in [2.24, 2.45) is 0 Å². The van der Waals surface area contributed by atoms with Crippen molar-refractivity contribution < 1.29 is 14.4 Å². The molecule has 5 rings (SSSR count). The first-order valence-corrected chi connectivity index (χ1v) is 13.2. The largest absolute Gasteiger partial charge is 0.321 e. The SMILES string of the molecule is Cc1ccc(/C=C(\NC(=O)c2ccccc2)C(=O)Nc2ccc(C(=O)/C=C/c3cccc4ccccc34)cc2)cc1. The number of carbonyl (C=O) groups excluding carboxylic acids is 3. The van der Waals surface area contributed by atoms with Gasteiger partial charge in [0.1, 0.15) is 5.70 Å². The van der Waals surface area contributed by atoms with Crippen molar-refractivity contribution in [3.8, 4) is 0 Å². The van der Waals surface area contributed by atoms with Crippen LogP contribution in [0.3, 0.4) is 0 Å². The van der Waals surface area contributed by atoms with Crippen LogP contribution in [0.1, 0.15) is 37.4 Å². The second-order valence-electron chi connectivity index (χ2n) is 9.59. The van der Waals surface area contributed by atoms with Crippen molar-refractivity contribution in [1.29, 1.82) is 0 Å². The number of hydrogen-bond donors (Lipinski definition) is 2. The van der Waals surface area contributed by atoms with E-state index in [1.165, 1.54) is 0 Å². The minimum atomic E-state index is -0.482. The van der Waals surface area contributed by atoms with Crippen LogP contribution in [-0.4, -0.2) is 17.6 Å². The molecule has 0 saturated heterocycles. The predicted molar refractivity (Wildman–Crippen MR) is 165 cm³/mol. The van der Waals surface area contributed by atoms with Crippen LogP contribution in [0.2, 0.25) is 0 Å². The van der Waals surface area contributed by atoms with E-state index >= 15 is 0 Å². The Morgan fingerprint density at radius 1 is 0.659 bits per heavy atom. The molecule has 0 spiro atoms. The third-order valence-corrected chi connectivity index (χ3v) is 6.58. The summed E-state index contributed by atoms with van der Waals surface area (Å²) >= 11 is 0. The van der Waals surface area contributed by atoms with E-state index in [0.717, 1.165) is 27.5 Å². The molecule has 0 unspecified atom stereocenters. The van der Waals surface area contributed by atoms with E-state index in [-0.39, 0.29) is 11.5 Å². The summed E-state index contributed by atoms with van der Waals surface area (Å²) < 4.78 is 0. The molecule has 0 saturated carbocycles. The van der Waals surface area contributed by atoms with Crippen molar-refractivity contribution >= 4 is 46.2 Å². The first-order valence-electron chi connectivity index (χ1n) is 13.2. The van der Waals surface area contributed by atoms with Crippen LogP contribution in [0.15, 0.2) is 133 Å². The van der Waals surface area contributed by atoms with Gasteiger partial charge in [-0.2, -0.15) is 0 Å². The van der Waals surface area contributed by atoms with Crippen molar-refractivity contribution in [2.75, 3.05) is 5.32 Å². The first kappa shape index (κ1) is 27.0. The molecule has 0 aliphatic rings. The summed E-state index contributed by atoms with van der Waals surface area (Å²) in [5.74, 6) is -1.02. The Bertz CT molecular complexity index is 1760. The average molecular weight is 537 g/mol. The topological polar surface area (TPSA) is 75.3 Å². The standard InChI is InChI=1S/C36H28N2O3/c1-25-14-16-26(17-15-25)24-33(38-35(40)30-9-3-2-4-10-30)36(41)37-31-21-18-29(19-22-31)34(39)23-20-28-12-7-11-27-8-5-6-13-32(27)28/h2-24H,1H3,(H,37,41)(H,38,40)/b23-20+,33-24-. The summed E-state index contributed by atoms with van der Waals surface area (Å²) in [6, 6.07) is 37.0. The number of hydrogen-bond acceptors (Lipinski definition) is 3. The number of benzene rings is 5. The van der Waals surface area contributed by atoms with Gasteiger partial charge in [0, 0.05) is 16.8 Å². The smallest absolute Gasteiger partial charge is 0.272 e. The van der Waals surface area contributed by atoms with Crippen molar-refractivity contribution in [2.45, 2.75) is 6.92 Å². The molecule has 0 atom stereocenters. The molecule has 0 bridgehead atoms. The molecule has 0 aliphatic heterocycles. The molecule has 2 amide bonds. The molecule has 5 nitrogen and oxygen atoms in total. The van der Waals surface area contributed by atoms with Crippen LogP contribution in [0.25, 0.3) is 22.9 Å². The van der Waals surface area contributed by atoms with Gasteiger partial charge in [0.05, 0.1) is 0 Å². The normalized spacial score (nSPS) is 11.4. The number of anilines is 1. The van der Waals surface area contributed by atoms with Gasteiger partial charge in [-0.15, -0.1) is 0 Å².